The van der Waals surface area contributed by atoms with Gasteiger partial charge in [-0.15, -0.1) is 0 Å². The van der Waals surface area contributed by atoms with Crippen molar-refractivity contribution in [2.75, 3.05) is 31.1 Å². The highest BCUT2D eigenvalue weighted by molar-refractivity contribution is 9.11. The van der Waals surface area contributed by atoms with E-state index in [-0.39, 0.29) is 3.79 Å². The number of piperidine rings is 1. The average Bonchev–Trinajstić information content (AvgIpc) is 2.71. The minimum absolute atomic E-state index is 0.0697. The molecule has 0 aromatic carbocycles. The van der Waals surface area contributed by atoms with Crippen LogP contribution in [0.25, 0.3) is 0 Å². The first-order valence-corrected chi connectivity index (χ1v) is 8.68. The van der Waals surface area contributed by atoms with E-state index in [9.17, 15) is 13.2 Å². The van der Waals surface area contributed by atoms with Crippen molar-refractivity contribution in [3.63, 3.8) is 0 Å². The summed E-state index contributed by atoms with van der Waals surface area (Å²) in [5.41, 5.74) is -0.808. The number of hydrogen-bond donors (Lipinski definition) is 0. The predicted molar refractivity (Wildman–Crippen MR) is 80.8 cm³/mol. The van der Waals surface area contributed by atoms with Gasteiger partial charge in [0.25, 0.3) is 0 Å². The molecular weight excluding hydrogens is 367 g/mol. The van der Waals surface area contributed by atoms with E-state index < -0.39 is 11.9 Å². The van der Waals surface area contributed by atoms with E-state index in [1.807, 2.05) is 4.90 Å². The third-order valence-electron chi connectivity index (χ3n) is 4.31. The molecule has 118 valence electrons. The second-order valence-corrected chi connectivity index (χ2v) is 8.19. The Bertz CT molecular complexity index is 505. The molecule has 0 aliphatic carbocycles. The van der Waals surface area contributed by atoms with Crippen molar-refractivity contribution < 1.29 is 13.2 Å². The van der Waals surface area contributed by atoms with Crippen molar-refractivity contribution in [3.05, 3.63) is 9.48 Å². The van der Waals surface area contributed by atoms with Crippen LogP contribution in [0.5, 0.6) is 0 Å². The summed E-state index contributed by atoms with van der Waals surface area (Å²) in [5.74, 6) is 0.793. The van der Waals surface area contributed by atoms with E-state index in [1.165, 1.54) is 12.8 Å². The van der Waals surface area contributed by atoms with Gasteiger partial charge in [0.1, 0.15) is 3.79 Å². The molecular formula is C13H17BrF3N3S. The normalized spacial score (nSPS) is 22.6. The first-order valence-electron chi connectivity index (χ1n) is 7.07. The van der Waals surface area contributed by atoms with Crippen molar-refractivity contribution in [2.24, 2.45) is 5.92 Å². The molecule has 2 saturated heterocycles. The van der Waals surface area contributed by atoms with Gasteiger partial charge in [0.2, 0.25) is 0 Å². The largest absolute Gasteiger partial charge is 0.435 e. The summed E-state index contributed by atoms with van der Waals surface area (Å²) in [6, 6.07) is 0.467. The van der Waals surface area contributed by atoms with Crippen molar-refractivity contribution in [2.45, 2.75) is 32.0 Å². The molecule has 0 amide bonds. The fourth-order valence-corrected chi connectivity index (χ4v) is 4.42. The number of likely N-dealkylation sites (tertiary alicyclic amines) is 1. The molecule has 2 aliphatic rings. The van der Waals surface area contributed by atoms with Gasteiger partial charge >= 0.3 is 6.18 Å². The number of alkyl halides is 3. The van der Waals surface area contributed by atoms with Crippen LogP contribution in [0.1, 0.15) is 25.5 Å². The average molecular weight is 384 g/mol. The molecule has 0 atom stereocenters. The molecule has 3 rings (SSSR count). The number of rotatable bonds is 2. The molecule has 1 aromatic rings. The van der Waals surface area contributed by atoms with Gasteiger partial charge in [0.15, 0.2) is 10.8 Å². The summed E-state index contributed by atoms with van der Waals surface area (Å²) in [6.45, 7) is 6.05. The van der Waals surface area contributed by atoms with E-state index in [0.29, 0.717) is 11.2 Å². The summed E-state index contributed by atoms with van der Waals surface area (Å²) in [7, 11) is 0. The Hall–Kier alpha value is -0.340. The Morgan fingerprint density at radius 2 is 1.86 bits per heavy atom. The second kappa shape index (κ2) is 5.70. The second-order valence-electron chi connectivity index (χ2n) is 5.89. The number of halogens is 4. The molecule has 0 saturated carbocycles. The monoisotopic (exact) mass is 383 g/mol. The smallest absolute Gasteiger partial charge is 0.345 e. The number of nitrogens with zero attached hydrogens (tertiary/aromatic N) is 3. The van der Waals surface area contributed by atoms with E-state index in [1.54, 1.807) is 0 Å². The van der Waals surface area contributed by atoms with Gasteiger partial charge in [-0.2, -0.15) is 13.2 Å². The maximum atomic E-state index is 12.7. The minimum Gasteiger partial charge on any atom is -0.345 e. The summed E-state index contributed by atoms with van der Waals surface area (Å²) in [4.78, 5) is 8.15. The Morgan fingerprint density at radius 1 is 1.24 bits per heavy atom. The summed E-state index contributed by atoms with van der Waals surface area (Å²) >= 11 is 4.04. The zero-order chi connectivity index (χ0) is 15.2. The molecule has 1 aromatic heterocycles. The first kappa shape index (κ1) is 15.6. The number of anilines is 1. The molecule has 0 N–H and O–H groups in total. The van der Waals surface area contributed by atoms with Crippen molar-refractivity contribution in [1.29, 1.82) is 0 Å². The Labute approximate surface area is 134 Å². The molecule has 3 nitrogen and oxygen atoms in total. The molecule has 8 heteroatoms. The van der Waals surface area contributed by atoms with Gasteiger partial charge in [-0.3, -0.25) is 4.90 Å². The van der Waals surface area contributed by atoms with Gasteiger partial charge in [-0.05, 0) is 47.8 Å². The summed E-state index contributed by atoms with van der Waals surface area (Å²) < 4.78 is 38.3. The lowest BCUT2D eigenvalue weighted by molar-refractivity contribution is -0.141. The van der Waals surface area contributed by atoms with Gasteiger partial charge in [0, 0.05) is 19.1 Å². The topological polar surface area (TPSA) is 19.4 Å². The maximum absolute atomic E-state index is 12.7. The van der Waals surface area contributed by atoms with Crippen molar-refractivity contribution in [3.8, 4) is 0 Å². The van der Waals surface area contributed by atoms with Crippen molar-refractivity contribution in [1.82, 2.24) is 9.88 Å². The summed E-state index contributed by atoms with van der Waals surface area (Å²) in [6.07, 6.45) is -1.95. The lowest BCUT2D eigenvalue weighted by Crippen LogP contribution is -2.60. The van der Waals surface area contributed by atoms with Gasteiger partial charge in [-0.1, -0.05) is 18.3 Å². The van der Waals surface area contributed by atoms with Crippen LogP contribution in [0.2, 0.25) is 0 Å². The van der Waals surface area contributed by atoms with Crippen LogP contribution in [-0.2, 0) is 6.18 Å². The van der Waals surface area contributed by atoms with Crippen LogP contribution in [0.3, 0.4) is 0 Å². The molecule has 0 spiro atoms. The third kappa shape index (κ3) is 3.22. The third-order valence-corrected chi connectivity index (χ3v) is 6.08. The van der Waals surface area contributed by atoms with E-state index in [2.05, 4.69) is 32.7 Å². The lowest BCUT2D eigenvalue weighted by atomic mass is 9.96. The highest BCUT2D eigenvalue weighted by Gasteiger charge is 2.40. The van der Waals surface area contributed by atoms with Crippen molar-refractivity contribution >= 4 is 32.4 Å². The molecule has 21 heavy (non-hydrogen) atoms. The van der Waals surface area contributed by atoms with E-state index in [4.69, 9.17) is 0 Å². The zero-order valence-corrected chi connectivity index (χ0v) is 14.1. The fourth-order valence-electron chi connectivity index (χ4n) is 2.84. The summed E-state index contributed by atoms with van der Waals surface area (Å²) in [5, 5.41) is 0.468. The SMILES string of the molecule is CC1CCN(C2CN(c3nc(C(F)(F)F)c(Br)s3)C2)CC1. The quantitative estimate of drug-likeness (QED) is 0.773. The molecule has 0 bridgehead atoms. The highest BCUT2D eigenvalue weighted by atomic mass is 79.9. The van der Waals surface area contributed by atoms with Crippen LogP contribution in [0.4, 0.5) is 18.3 Å². The van der Waals surface area contributed by atoms with Crippen LogP contribution in [-0.4, -0.2) is 42.1 Å². The molecule has 3 heterocycles. The van der Waals surface area contributed by atoms with Crippen LogP contribution in [0, 0.1) is 5.92 Å². The number of hydrogen-bond acceptors (Lipinski definition) is 4. The fraction of sp³-hybridized carbons (Fsp3) is 0.769. The molecule has 0 unspecified atom stereocenters. The molecule has 0 radical (unpaired) electrons. The number of thiazole rings is 1. The predicted octanol–water partition coefficient (Wildman–Crippen LogP) is 3.84. The minimum atomic E-state index is -4.39. The van der Waals surface area contributed by atoms with Crippen LogP contribution in [0.15, 0.2) is 3.79 Å². The Morgan fingerprint density at radius 3 is 2.38 bits per heavy atom. The standard InChI is InChI=1S/C13H17BrF3N3S/c1-8-2-4-19(5-3-8)9-6-20(7-9)12-18-10(11(14)21-12)13(15,16)17/h8-9H,2-7H2,1H3. The first-order chi connectivity index (χ1) is 9.84. The Kier molecular flexibility index (Phi) is 4.22. The number of aromatic nitrogens is 1. The van der Waals surface area contributed by atoms with Gasteiger partial charge in [0.05, 0.1) is 0 Å². The van der Waals surface area contributed by atoms with Crippen LogP contribution >= 0.6 is 27.3 Å². The lowest BCUT2D eigenvalue weighted by Gasteiger charge is -2.47. The molecule has 2 aliphatic heterocycles. The van der Waals surface area contributed by atoms with E-state index in [0.717, 1.165) is 43.4 Å². The zero-order valence-electron chi connectivity index (χ0n) is 11.7. The maximum Gasteiger partial charge on any atom is 0.435 e. The van der Waals surface area contributed by atoms with Gasteiger partial charge < -0.3 is 4.90 Å². The van der Waals surface area contributed by atoms with E-state index >= 15 is 0 Å². The molecule has 2 fully saturated rings. The van der Waals surface area contributed by atoms with Gasteiger partial charge in [-0.25, -0.2) is 4.98 Å². The highest BCUT2D eigenvalue weighted by Crippen LogP contribution is 2.41. The Balaban J connectivity index is 1.59. The van der Waals surface area contributed by atoms with Crippen LogP contribution < -0.4 is 4.90 Å².